The normalized spacial score (nSPS) is 22.8. The Hall–Kier alpha value is -1.41. The lowest BCUT2D eigenvalue weighted by Gasteiger charge is -2.27. The summed E-state index contributed by atoms with van der Waals surface area (Å²) in [6, 6.07) is 8.86. The lowest BCUT2D eigenvalue weighted by Crippen LogP contribution is -2.39. The fourth-order valence-electron chi connectivity index (χ4n) is 3.60. The van der Waals surface area contributed by atoms with Gasteiger partial charge in [0.15, 0.2) is 0 Å². The number of nitrogens with zero attached hydrogens (tertiary/aromatic N) is 1. The van der Waals surface area contributed by atoms with E-state index in [1.54, 1.807) is 0 Å². The van der Waals surface area contributed by atoms with E-state index in [-0.39, 0.29) is 5.54 Å². The zero-order chi connectivity index (χ0) is 14.9. The first-order valence-electron chi connectivity index (χ1n) is 8.12. The maximum absolute atomic E-state index is 4.26. The molecule has 1 fully saturated rings. The first-order chi connectivity index (χ1) is 10.0. The predicted octanol–water partition coefficient (Wildman–Crippen LogP) is 4.51. The molecule has 1 heterocycles. The summed E-state index contributed by atoms with van der Waals surface area (Å²) >= 11 is 0. The van der Waals surface area contributed by atoms with E-state index in [1.165, 1.54) is 35.6 Å². The molecule has 2 nitrogen and oxygen atoms in total. The molecule has 1 aromatic carbocycles. The lowest BCUT2D eigenvalue weighted by molar-refractivity contribution is 0.357. The number of fused-ring (bicyclic) bond motifs is 1. The quantitative estimate of drug-likeness (QED) is 0.896. The zero-order valence-electron chi connectivity index (χ0n) is 13.4. The van der Waals surface area contributed by atoms with Crippen LogP contribution in [0.15, 0.2) is 36.7 Å². The Balaban J connectivity index is 1.87. The minimum Gasteiger partial charge on any atom is -0.312 e. The third kappa shape index (κ3) is 3.26. The summed E-state index contributed by atoms with van der Waals surface area (Å²) in [7, 11) is 0. The van der Waals surface area contributed by atoms with Crippen LogP contribution in [0.25, 0.3) is 10.8 Å². The SMILES string of the molecule is CC(C)(C)NCC1CCCC1c1cccc2cnccc12. The number of benzene rings is 1. The number of rotatable bonds is 3. The van der Waals surface area contributed by atoms with E-state index in [2.05, 4.69) is 55.3 Å². The van der Waals surface area contributed by atoms with Gasteiger partial charge in [-0.05, 0) is 69.0 Å². The van der Waals surface area contributed by atoms with E-state index >= 15 is 0 Å². The van der Waals surface area contributed by atoms with E-state index in [0.29, 0.717) is 5.92 Å². The largest absolute Gasteiger partial charge is 0.312 e. The minimum absolute atomic E-state index is 0.204. The van der Waals surface area contributed by atoms with Gasteiger partial charge in [-0.1, -0.05) is 24.6 Å². The van der Waals surface area contributed by atoms with Crippen LogP contribution in [0.4, 0.5) is 0 Å². The Bertz CT molecular complexity index is 607. The molecule has 2 unspecified atom stereocenters. The van der Waals surface area contributed by atoms with Gasteiger partial charge in [0.2, 0.25) is 0 Å². The monoisotopic (exact) mass is 282 g/mol. The average molecular weight is 282 g/mol. The fraction of sp³-hybridized carbons (Fsp3) is 0.526. The van der Waals surface area contributed by atoms with Crippen LogP contribution >= 0.6 is 0 Å². The number of pyridine rings is 1. The highest BCUT2D eigenvalue weighted by Gasteiger charge is 2.30. The van der Waals surface area contributed by atoms with Gasteiger partial charge in [-0.2, -0.15) is 0 Å². The van der Waals surface area contributed by atoms with Crippen molar-refractivity contribution in [3.05, 3.63) is 42.2 Å². The molecule has 0 spiro atoms. The summed E-state index contributed by atoms with van der Waals surface area (Å²) in [6.07, 6.45) is 7.91. The molecule has 1 aliphatic carbocycles. The Kier molecular flexibility index (Phi) is 3.99. The highest BCUT2D eigenvalue weighted by atomic mass is 14.9. The molecule has 3 rings (SSSR count). The smallest absolute Gasteiger partial charge is 0.0346 e. The van der Waals surface area contributed by atoms with Crippen molar-refractivity contribution in [1.82, 2.24) is 10.3 Å². The summed E-state index contributed by atoms with van der Waals surface area (Å²) < 4.78 is 0. The van der Waals surface area contributed by atoms with Gasteiger partial charge in [0.05, 0.1) is 0 Å². The molecule has 0 bridgehead atoms. The minimum atomic E-state index is 0.204. The van der Waals surface area contributed by atoms with Crippen LogP contribution in [0.3, 0.4) is 0 Å². The van der Waals surface area contributed by atoms with Gasteiger partial charge in [0.25, 0.3) is 0 Å². The van der Waals surface area contributed by atoms with Gasteiger partial charge in [0.1, 0.15) is 0 Å². The number of hydrogen-bond acceptors (Lipinski definition) is 2. The van der Waals surface area contributed by atoms with Crippen molar-refractivity contribution >= 4 is 10.8 Å². The van der Waals surface area contributed by atoms with Crippen molar-refractivity contribution in [1.29, 1.82) is 0 Å². The Morgan fingerprint density at radius 3 is 2.86 bits per heavy atom. The molecule has 0 amide bonds. The van der Waals surface area contributed by atoms with Gasteiger partial charge in [-0.15, -0.1) is 0 Å². The van der Waals surface area contributed by atoms with Crippen LogP contribution in [-0.4, -0.2) is 17.1 Å². The molecular formula is C19H26N2. The second kappa shape index (κ2) is 5.76. The molecule has 2 heteroatoms. The van der Waals surface area contributed by atoms with Crippen molar-refractivity contribution in [2.45, 2.75) is 51.5 Å². The van der Waals surface area contributed by atoms with Crippen molar-refractivity contribution in [2.24, 2.45) is 5.92 Å². The molecular weight excluding hydrogens is 256 g/mol. The van der Waals surface area contributed by atoms with Crippen LogP contribution in [0.2, 0.25) is 0 Å². The van der Waals surface area contributed by atoms with Crippen LogP contribution in [-0.2, 0) is 0 Å². The Labute approximate surface area is 128 Å². The molecule has 0 saturated heterocycles. The van der Waals surface area contributed by atoms with Crippen molar-refractivity contribution in [3.63, 3.8) is 0 Å². The summed E-state index contributed by atoms with van der Waals surface area (Å²) in [4.78, 5) is 4.26. The van der Waals surface area contributed by atoms with Gasteiger partial charge in [0, 0.05) is 23.3 Å². The molecule has 2 aromatic rings. The van der Waals surface area contributed by atoms with E-state index in [9.17, 15) is 0 Å². The average Bonchev–Trinajstić information content (AvgIpc) is 2.92. The number of aromatic nitrogens is 1. The van der Waals surface area contributed by atoms with Crippen molar-refractivity contribution < 1.29 is 0 Å². The van der Waals surface area contributed by atoms with Crippen LogP contribution < -0.4 is 5.32 Å². The molecule has 21 heavy (non-hydrogen) atoms. The van der Waals surface area contributed by atoms with Crippen LogP contribution in [0.1, 0.15) is 51.5 Å². The maximum atomic E-state index is 4.26. The number of hydrogen-bond donors (Lipinski definition) is 1. The standard InChI is InChI=1S/C19H26N2/c1-19(2,3)21-13-15-7-4-8-16(15)18-9-5-6-14-12-20-11-10-17(14)18/h5-6,9-12,15-16,21H,4,7-8,13H2,1-3H3. The first-order valence-corrected chi connectivity index (χ1v) is 8.12. The second-order valence-corrected chi connectivity index (χ2v) is 7.37. The van der Waals surface area contributed by atoms with E-state index < -0.39 is 0 Å². The molecule has 1 saturated carbocycles. The summed E-state index contributed by atoms with van der Waals surface area (Å²) in [5, 5.41) is 6.36. The first kappa shape index (κ1) is 14.5. The maximum Gasteiger partial charge on any atom is 0.0346 e. The second-order valence-electron chi connectivity index (χ2n) is 7.37. The van der Waals surface area contributed by atoms with Gasteiger partial charge in [-0.3, -0.25) is 4.98 Å². The van der Waals surface area contributed by atoms with Crippen LogP contribution in [0.5, 0.6) is 0 Å². The lowest BCUT2D eigenvalue weighted by atomic mass is 9.86. The third-order valence-electron chi connectivity index (χ3n) is 4.67. The highest BCUT2D eigenvalue weighted by molar-refractivity contribution is 5.85. The third-order valence-corrected chi connectivity index (χ3v) is 4.67. The summed E-state index contributed by atoms with van der Waals surface area (Å²) in [5.74, 6) is 1.44. The molecule has 1 aliphatic rings. The molecule has 0 radical (unpaired) electrons. The Morgan fingerprint density at radius 2 is 2.05 bits per heavy atom. The predicted molar refractivity (Wildman–Crippen MR) is 89.6 cm³/mol. The molecule has 1 aromatic heterocycles. The molecule has 1 N–H and O–H groups in total. The van der Waals surface area contributed by atoms with E-state index in [0.717, 1.165) is 12.5 Å². The van der Waals surface area contributed by atoms with Crippen LogP contribution in [0, 0.1) is 5.92 Å². The van der Waals surface area contributed by atoms with Gasteiger partial charge in [-0.25, -0.2) is 0 Å². The van der Waals surface area contributed by atoms with Crippen molar-refractivity contribution in [2.75, 3.05) is 6.54 Å². The Morgan fingerprint density at radius 1 is 1.19 bits per heavy atom. The molecule has 112 valence electrons. The fourth-order valence-corrected chi connectivity index (χ4v) is 3.60. The molecule has 0 aliphatic heterocycles. The topological polar surface area (TPSA) is 24.9 Å². The summed E-state index contributed by atoms with van der Waals surface area (Å²) in [6.45, 7) is 7.87. The highest BCUT2D eigenvalue weighted by Crippen LogP contribution is 2.41. The zero-order valence-corrected chi connectivity index (χ0v) is 13.4. The van der Waals surface area contributed by atoms with Gasteiger partial charge < -0.3 is 5.32 Å². The van der Waals surface area contributed by atoms with Gasteiger partial charge >= 0.3 is 0 Å². The number of nitrogens with one attached hydrogen (secondary N) is 1. The van der Waals surface area contributed by atoms with Crippen molar-refractivity contribution in [3.8, 4) is 0 Å². The van der Waals surface area contributed by atoms with E-state index in [4.69, 9.17) is 0 Å². The summed E-state index contributed by atoms with van der Waals surface area (Å²) in [5.41, 5.74) is 1.73. The molecule has 2 atom stereocenters. The van der Waals surface area contributed by atoms with E-state index in [1.807, 2.05) is 12.4 Å².